The maximum Gasteiger partial charge on any atom is 0.231 e. The van der Waals surface area contributed by atoms with E-state index in [9.17, 15) is 4.79 Å². The van der Waals surface area contributed by atoms with Gasteiger partial charge >= 0.3 is 0 Å². The van der Waals surface area contributed by atoms with Crippen molar-refractivity contribution < 1.29 is 19.0 Å². The summed E-state index contributed by atoms with van der Waals surface area (Å²) >= 11 is 0. The molecule has 0 spiro atoms. The van der Waals surface area contributed by atoms with Gasteiger partial charge in [0.25, 0.3) is 0 Å². The lowest BCUT2D eigenvalue weighted by Crippen LogP contribution is -2.43. The molecule has 0 saturated carbocycles. The fraction of sp³-hybridized carbons (Fsp3) is 0.632. The maximum atomic E-state index is 12.7. The normalized spacial score (nSPS) is 17.1. The molecule has 1 amide bonds. The molecule has 0 aliphatic carbocycles. The summed E-state index contributed by atoms with van der Waals surface area (Å²) in [5, 5.41) is 0. The van der Waals surface area contributed by atoms with Gasteiger partial charge in [-0.3, -0.25) is 9.69 Å². The lowest BCUT2D eigenvalue weighted by atomic mass is 10.1. The highest BCUT2D eigenvalue weighted by Gasteiger charge is 2.20. The molecule has 25 heavy (non-hydrogen) atoms. The second kappa shape index (κ2) is 8.54. The summed E-state index contributed by atoms with van der Waals surface area (Å²) in [5.74, 6) is 2.11. The van der Waals surface area contributed by atoms with Crippen LogP contribution in [0.15, 0.2) is 18.2 Å². The molecule has 138 valence electrons. The number of nitrogens with zero attached hydrogens (tertiary/aromatic N) is 2. The summed E-state index contributed by atoms with van der Waals surface area (Å²) in [6, 6.07) is 5.91. The summed E-state index contributed by atoms with van der Waals surface area (Å²) in [7, 11) is 0. The Hall–Kier alpha value is -1.79. The van der Waals surface area contributed by atoms with E-state index in [0.717, 1.165) is 56.5 Å². The lowest BCUT2D eigenvalue weighted by molar-refractivity contribution is -0.133. The van der Waals surface area contributed by atoms with Crippen LogP contribution in [-0.4, -0.2) is 61.9 Å². The van der Waals surface area contributed by atoms with Gasteiger partial charge in [-0.1, -0.05) is 19.9 Å². The van der Waals surface area contributed by atoms with Crippen molar-refractivity contribution >= 4 is 5.91 Å². The van der Waals surface area contributed by atoms with Crippen molar-refractivity contribution in [1.29, 1.82) is 0 Å². The highest BCUT2D eigenvalue weighted by Crippen LogP contribution is 2.32. The molecule has 0 bridgehead atoms. The zero-order valence-corrected chi connectivity index (χ0v) is 15.2. The van der Waals surface area contributed by atoms with Gasteiger partial charge in [0.05, 0.1) is 13.2 Å². The topological polar surface area (TPSA) is 51.2 Å². The molecule has 0 aromatic heterocycles. The summed E-state index contributed by atoms with van der Waals surface area (Å²) < 4.78 is 16.2. The Morgan fingerprint density at radius 1 is 1.20 bits per heavy atom. The van der Waals surface area contributed by atoms with Crippen molar-refractivity contribution in [2.24, 2.45) is 5.92 Å². The SMILES string of the molecule is CC(C)CC(=O)N(CCN1CCOCC1)Cc1ccc2c(c1)OCO2. The van der Waals surface area contributed by atoms with E-state index in [1.54, 1.807) is 0 Å². The van der Waals surface area contributed by atoms with Gasteiger partial charge in [-0.15, -0.1) is 0 Å². The molecule has 0 unspecified atom stereocenters. The first-order valence-corrected chi connectivity index (χ1v) is 9.08. The zero-order chi connectivity index (χ0) is 17.6. The minimum absolute atomic E-state index is 0.209. The Balaban J connectivity index is 1.63. The van der Waals surface area contributed by atoms with E-state index in [2.05, 4.69) is 18.7 Å². The molecular weight excluding hydrogens is 320 g/mol. The van der Waals surface area contributed by atoms with Crippen LogP contribution in [0.1, 0.15) is 25.8 Å². The fourth-order valence-corrected chi connectivity index (χ4v) is 3.12. The van der Waals surface area contributed by atoms with Crippen LogP contribution in [0.2, 0.25) is 0 Å². The van der Waals surface area contributed by atoms with Crippen molar-refractivity contribution in [3.63, 3.8) is 0 Å². The van der Waals surface area contributed by atoms with Crippen LogP contribution in [-0.2, 0) is 16.1 Å². The van der Waals surface area contributed by atoms with Gasteiger partial charge in [-0.05, 0) is 23.6 Å². The van der Waals surface area contributed by atoms with E-state index < -0.39 is 0 Å². The van der Waals surface area contributed by atoms with Crippen LogP contribution in [0.4, 0.5) is 0 Å². The average Bonchev–Trinajstić information content (AvgIpc) is 3.06. The Morgan fingerprint density at radius 3 is 2.72 bits per heavy atom. The molecule has 1 saturated heterocycles. The fourth-order valence-electron chi connectivity index (χ4n) is 3.12. The van der Waals surface area contributed by atoms with Crippen LogP contribution in [0.5, 0.6) is 11.5 Å². The van der Waals surface area contributed by atoms with Gasteiger partial charge in [0, 0.05) is 39.1 Å². The van der Waals surface area contributed by atoms with Crippen molar-refractivity contribution in [2.45, 2.75) is 26.8 Å². The third-order valence-corrected chi connectivity index (χ3v) is 4.54. The first-order valence-electron chi connectivity index (χ1n) is 9.08. The molecule has 2 heterocycles. The maximum absolute atomic E-state index is 12.7. The molecule has 1 fully saturated rings. The van der Waals surface area contributed by atoms with Gasteiger partial charge in [0.15, 0.2) is 11.5 Å². The third-order valence-electron chi connectivity index (χ3n) is 4.54. The lowest BCUT2D eigenvalue weighted by Gasteiger charge is -2.30. The number of amides is 1. The van der Waals surface area contributed by atoms with E-state index in [0.29, 0.717) is 18.9 Å². The van der Waals surface area contributed by atoms with Crippen LogP contribution >= 0.6 is 0 Å². The molecule has 6 heteroatoms. The largest absolute Gasteiger partial charge is 0.454 e. The minimum Gasteiger partial charge on any atom is -0.454 e. The van der Waals surface area contributed by atoms with Gasteiger partial charge in [0.2, 0.25) is 12.7 Å². The van der Waals surface area contributed by atoms with E-state index >= 15 is 0 Å². The number of ether oxygens (including phenoxy) is 3. The molecule has 0 N–H and O–H groups in total. The van der Waals surface area contributed by atoms with Crippen molar-refractivity contribution in [3.05, 3.63) is 23.8 Å². The summed E-state index contributed by atoms with van der Waals surface area (Å²) in [5.41, 5.74) is 1.07. The average molecular weight is 348 g/mol. The first kappa shape index (κ1) is 18.0. The standard InChI is InChI=1S/C19H28N2O4/c1-15(2)11-19(22)21(6-5-20-7-9-23-10-8-20)13-16-3-4-17-18(12-16)25-14-24-17/h3-4,12,15H,5-11,13-14H2,1-2H3. The number of morpholine rings is 1. The van der Waals surface area contributed by atoms with Crippen LogP contribution < -0.4 is 9.47 Å². The Labute approximate surface area is 149 Å². The Kier molecular flexibility index (Phi) is 6.15. The smallest absolute Gasteiger partial charge is 0.231 e. The van der Waals surface area contributed by atoms with Gasteiger partial charge in [-0.2, -0.15) is 0 Å². The predicted octanol–water partition coefficient (Wildman–Crippen LogP) is 2.12. The molecule has 3 rings (SSSR count). The second-order valence-corrected chi connectivity index (χ2v) is 7.05. The molecule has 0 atom stereocenters. The number of benzene rings is 1. The summed E-state index contributed by atoms with van der Waals surface area (Å²) in [4.78, 5) is 17.0. The molecule has 6 nitrogen and oxygen atoms in total. The van der Waals surface area contributed by atoms with Gasteiger partial charge in [-0.25, -0.2) is 0 Å². The quantitative estimate of drug-likeness (QED) is 0.755. The second-order valence-electron chi connectivity index (χ2n) is 7.05. The number of carbonyl (C=O) groups excluding carboxylic acids is 1. The van der Waals surface area contributed by atoms with E-state index in [-0.39, 0.29) is 12.7 Å². The zero-order valence-electron chi connectivity index (χ0n) is 15.2. The van der Waals surface area contributed by atoms with Crippen LogP contribution in [0.3, 0.4) is 0 Å². The summed E-state index contributed by atoms with van der Waals surface area (Å²) in [6.07, 6.45) is 0.577. The molecule has 2 aliphatic heterocycles. The number of carbonyl (C=O) groups is 1. The molecule has 1 aromatic carbocycles. The van der Waals surface area contributed by atoms with Gasteiger partial charge < -0.3 is 19.1 Å². The third kappa shape index (κ3) is 5.09. The number of hydrogen-bond acceptors (Lipinski definition) is 5. The van der Waals surface area contributed by atoms with Crippen molar-refractivity contribution in [1.82, 2.24) is 9.80 Å². The van der Waals surface area contributed by atoms with E-state index in [1.165, 1.54) is 0 Å². The Bertz CT molecular complexity index is 585. The Morgan fingerprint density at radius 2 is 1.96 bits per heavy atom. The van der Waals surface area contributed by atoms with Crippen molar-refractivity contribution in [2.75, 3.05) is 46.2 Å². The monoisotopic (exact) mass is 348 g/mol. The van der Waals surface area contributed by atoms with E-state index in [4.69, 9.17) is 14.2 Å². The first-order chi connectivity index (χ1) is 12.1. The molecule has 1 aromatic rings. The molecular formula is C19H28N2O4. The highest BCUT2D eigenvalue weighted by molar-refractivity contribution is 5.76. The molecule has 2 aliphatic rings. The highest BCUT2D eigenvalue weighted by atomic mass is 16.7. The predicted molar refractivity (Wildman–Crippen MR) is 94.7 cm³/mol. The van der Waals surface area contributed by atoms with Crippen LogP contribution in [0.25, 0.3) is 0 Å². The molecule has 0 radical (unpaired) electrons. The number of fused-ring (bicyclic) bond motifs is 1. The number of rotatable bonds is 7. The van der Waals surface area contributed by atoms with Crippen molar-refractivity contribution in [3.8, 4) is 11.5 Å². The van der Waals surface area contributed by atoms with E-state index in [1.807, 2.05) is 23.1 Å². The number of hydrogen-bond donors (Lipinski definition) is 0. The minimum atomic E-state index is 0.209. The summed E-state index contributed by atoms with van der Waals surface area (Å²) in [6.45, 7) is 10.1. The van der Waals surface area contributed by atoms with Gasteiger partial charge in [0.1, 0.15) is 0 Å². The van der Waals surface area contributed by atoms with Crippen LogP contribution in [0, 0.1) is 5.92 Å².